The molecule has 1 atom stereocenters. The first kappa shape index (κ1) is 11.0. The highest BCUT2D eigenvalue weighted by molar-refractivity contribution is 5.81. The highest BCUT2D eigenvalue weighted by Crippen LogP contribution is 2.36. The molecule has 0 spiro atoms. The molecule has 0 aromatic heterocycles. The SMILES string of the molecule is COc1ccc(C2CCC(=O)C2)cc1OC. The van der Waals surface area contributed by atoms with Crippen molar-refractivity contribution in [2.75, 3.05) is 14.2 Å². The predicted molar refractivity (Wildman–Crippen MR) is 61.1 cm³/mol. The molecule has 0 heterocycles. The fourth-order valence-corrected chi connectivity index (χ4v) is 2.21. The minimum absolute atomic E-state index is 0.354. The highest BCUT2D eigenvalue weighted by Gasteiger charge is 2.24. The van der Waals surface area contributed by atoms with E-state index in [4.69, 9.17) is 9.47 Å². The molecule has 1 fully saturated rings. The molecule has 3 nitrogen and oxygen atoms in total. The van der Waals surface area contributed by atoms with Crippen LogP contribution in [0.3, 0.4) is 0 Å². The minimum Gasteiger partial charge on any atom is -0.493 e. The maximum absolute atomic E-state index is 11.2. The molecule has 16 heavy (non-hydrogen) atoms. The zero-order chi connectivity index (χ0) is 11.5. The van der Waals surface area contributed by atoms with Crippen molar-refractivity contribution >= 4 is 5.78 Å². The van der Waals surface area contributed by atoms with Gasteiger partial charge >= 0.3 is 0 Å². The summed E-state index contributed by atoms with van der Waals surface area (Å²) in [6.07, 6.45) is 2.32. The standard InChI is InChI=1S/C13H16O3/c1-15-12-6-4-10(8-13(12)16-2)9-3-5-11(14)7-9/h4,6,8-9H,3,5,7H2,1-2H3. The molecule has 1 aliphatic rings. The summed E-state index contributed by atoms with van der Waals surface area (Å²) in [7, 11) is 3.25. The fraction of sp³-hybridized carbons (Fsp3) is 0.462. The van der Waals surface area contributed by atoms with Gasteiger partial charge in [-0.3, -0.25) is 4.79 Å². The number of rotatable bonds is 3. The average molecular weight is 220 g/mol. The molecule has 2 rings (SSSR count). The van der Waals surface area contributed by atoms with E-state index in [9.17, 15) is 4.79 Å². The molecule has 0 N–H and O–H groups in total. The first-order valence-electron chi connectivity index (χ1n) is 5.48. The number of carbonyl (C=O) groups is 1. The van der Waals surface area contributed by atoms with E-state index in [0.717, 1.165) is 17.9 Å². The summed E-state index contributed by atoms with van der Waals surface area (Å²) in [6.45, 7) is 0. The molecular weight excluding hydrogens is 204 g/mol. The van der Waals surface area contributed by atoms with Gasteiger partial charge in [0.25, 0.3) is 0 Å². The summed E-state index contributed by atoms with van der Waals surface area (Å²) in [5, 5.41) is 0. The molecule has 1 aliphatic carbocycles. The van der Waals surface area contributed by atoms with Crippen molar-refractivity contribution in [2.24, 2.45) is 0 Å². The first-order chi connectivity index (χ1) is 7.74. The zero-order valence-corrected chi connectivity index (χ0v) is 9.66. The number of Topliss-reactive ketones (excluding diaryl/α,β-unsaturated/α-hetero) is 1. The van der Waals surface area contributed by atoms with Gasteiger partial charge in [0, 0.05) is 12.8 Å². The van der Waals surface area contributed by atoms with Crippen molar-refractivity contribution in [3.63, 3.8) is 0 Å². The quantitative estimate of drug-likeness (QED) is 0.785. The van der Waals surface area contributed by atoms with Crippen molar-refractivity contribution in [1.29, 1.82) is 0 Å². The predicted octanol–water partition coefficient (Wildman–Crippen LogP) is 2.54. The third-order valence-corrected chi connectivity index (χ3v) is 3.12. The fourth-order valence-electron chi connectivity index (χ4n) is 2.21. The third-order valence-electron chi connectivity index (χ3n) is 3.12. The van der Waals surface area contributed by atoms with Crippen LogP contribution >= 0.6 is 0 Å². The van der Waals surface area contributed by atoms with Gasteiger partial charge in [-0.15, -0.1) is 0 Å². The van der Waals surface area contributed by atoms with Gasteiger partial charge in [0.15, 0.2) is 11.5 Å². The lowest BCUT2D eigenvalue weighted by atomic mass is 9.97. The van der Waals surface area contributed by atoms with Crippen molar-refractivity contribution in [2.45, 2.75) is 25.2 Å². The Balaban J connectivity index is 2.25. The Labute approximate surface area is 95.4 Å². The summed E-state index contributed by atoms with van der Waals surface area (Å²) in [5.74, 6) is 2.18. The van der Waals surface area contributed by atoms with E-state index in [1.54, 1.807) is 14.2 Å². The van der Waals surface area contributed by atoms with E-state index >= 15 is 0 Å². The Morgan fingerprint density at radius 3 is 2.50 bits per heavy atom. The second-order valence-electron chi connectivity index (χ2n) is 4.09. The number of ether oxygens (including phenoxy) is 2. The monoisotopic (exact) mass is 220 g/mol. The summed E-state index contributed by atoms with van der Waals surface area (Å²) in [5.41, 5.74) is 1.17. The number of ketones is 1. The molecule has 1 unspecified atom stereocenters. The summed E-state index contributed by atoms with van der Waals surface area (Å²) in [4.78, 5) is 11.2. The van der Waals surface area contributed by atoms with Crippen LogP contribution in [0.25, 0.3) is 0 Å². The average Bonchev–Trinajstić information content (AvgIpc) is 2.75. The zero-order valence-electron chi connectivity index (χ0n) is 9.66. The van der Waals surface area contributed by atoms with Gasteiger partial charge in [-0.25, -0.2) is 0 Å². The summed E-state index contributed by atoms with van der Waals surface area (Å²) in [6, 6.07) is 5.89. The number of hydrogen-bond acceptors (Lipinski definition) is 3. The van der Waals surface area contributed by atoms with Gasteiger partial charge in [0.05, 0.1) is 14.2 Å². The highest BCUT2D eigenvalue weighted by atomic mass is 16.5. The van der Waals surface area contributed by atoms with Crippen LogP contribution in [0, 0.1) is 0 Å². The molecule has 1 aromatic rings. The topological polar surface area (TPSA) is 35.5 Å². The molecule has 3 heteroatoms. The van der Waals surface area contributed by atoms with Gasteiger partial charge in [-0.2, -0.15) is 0 Å². The van der Waals surface area contributed by atoms with Crippen molar-refractivity contribution in [1.82, 2.24) is 0 Å². The van der Waals surface area contributed by atoms with Crippen LogP contribution in [-0.2, 0) is 4.79 Å². The van der Waals surface area contributed by atoms with Crippen molar-refractivity contribution < 1.29 is 14.3 Å². The lowest BCUT2D eigenvalue weighted by Crippen LogP contribution is -1.97. The van der Waals surface area contributed by atoms with Crippen LogP contribution in [0.15, 0.2) is 18.2 Å². The second-order valence-corrected chi connectivity index (χ2v) is 4.09. The lowest BCUT2D eigenvalue weighted by Gasteiger charge is -2.12. The Hall–Kier alpha value is -1.51. The second kappa shape index (κ2) is 4.56. The third kappa shape index (κ3) is 2.03. The molecule has 86 valence electrons. The lowest BCUT2D eigenvalue weighted by molar-refractivity contribution is -0.117. The van der Waals surface area contributed by atoms with Gasteiger partial charge in [-0.1, -0.05) is 6.07 Å². The number of carbonyl (C=O) groups excluding carboxylic acids is 1. The Morgan fingerprint density at radius 2 is 1.94 bits per heavy atom. The molecule has 1 saturated carbocycles. The molecule has 0 aliphatic heterocycles. The van der Waals surface area contributed by atoms with Crippen molar-refractivity contribution in [3.05, 3.63) is 23.8 Å². The molecule has 0 radical (unpaired) electrons. The van der Waals surface area contributed by atoms with Crippen molar-refractivity contribution in [3.8, 4) is 11.5 Å². The van der Waals surface area contributed by atoms with E-state index in [-0.39, 0.29) is 0 Å². The van der Waals surface area contributed by atoms with E-state index in [2.05, 4.69) is 0 Å². The number of benzene rings is 1. The molecule has 0 saturated heterocycles. The smallest absolute Gasteiger partial charge is 0.160 e. The Morgan fingerprint density at radius 1 is 1.19 bits per heavy atom. The van der Waals surface area contributed by atoms with Crippen LogP contribution in [0.4, 0.5) is 0 Å². The summed E-state index contributed by atoms with van der Waals surface area (Å²) >= 11 is 0. The molecule has 1 aromatic carbocycles. The van der Waals surface area contributed by atoms with E-state index in [1.807, 2.05) is 18.2 Å². The first-order valence-corrected chi connectivity index (χ1v) is 5.48. The normalized spacial score (nSPS) is 19.9. The largest absolute Gasteiger partial charge is 0.493 e. The van der Waals surface area contributed by atoms with Crippen LogP contribution in [0.1, 0.15) is 30.7 Å². The Bertz CT molecular complexity index is 398. The molecule has 0 amide bonds. The van der Waals surface area contributed by atoms with Crippen LogP contribution in [0.2, 0.25) is 0 Å². The van der Waals surface area contributed by atoms with Gasteiger partial charge < -0.3 is 9.47 Å². The molecular formula is C13H16O3. The maximum Gasteiger partial charge on any atom is 0.160 e. The minimum atomic E-state index is 0.354. The Kier molecular flexibility index (Phi) is 3.13. The van der Waals surface area contributed by atoms with E-state index < -0.39 is 0 Å². The van der Waals surface area contributed by atoms with Crippen LogP contribution in [0.5, 0.6) is 11.5 Å². The summed E-state index contributed by atoms with van der Waals surface area (Å²) < 4.78 is 10.4. The van der Waals surface area contributed by atoms with E-state index in [0.29, 0.717) is 24.5 Å². The maximum atomic E-state index is 11.2. The van der Waals surface area contributed by atoms with E-state index in [1.165, 1.54) is 5.56 Å². The van der Waals surface area contributed by atoms with Crippen LogP contribution in [-0.4, -0.2) is 20.0 Å². The number of methoxy groups -OCH3 is 2. The van der Waals surface area contributed by atoms with Gasteiger partial charge in [0.2, 0.25) is 0 Å². The molecule has 0 bridgehead atoms. The van der Waals surface area contributed by atoms with Gasteiger partial charge in [0.1, 0.15) is 5.78 Å². The van der Waals surface area contributed by atoms with Gasteiger partial charge in [-0.05, 0) is 30.0 Å². The van der Waals surface area contributed by atoms with Crippen LogP contribution < -0.4 is 9.47 Å². The number of hydrogen-bond donors (Lipinski definition) is 0.